The Morgan fingerprint density at radius 2 is 1.79 bits per heavy atom. The van der Waals surface area contributed by atoms with Gasteiger partial charge in [-0.2, -0.15) is 0 Å². The van der Waals surface area contributed by atoms with Gasteiger partial charge in [0, 0.05) is 5.54 Å². The van der Waals surface area contributed by atoms with E-state index in [0.717, 1.165) is 12.8 Å². The van der Waals surface area contributed by atoms with Crippen molar-refractivity contribution in [2.75, 3.05) is 0 Å². The van der Waals surface area contributed by atoms with E-state index in [1.807, 2.05) is 0 Å². The van der Waals surface area contributed by atoms with Crippen LogP contribution in [0.5, 0.6) is 0 Å². The molecular formula is C11H22N2O. The Labute approximate surface area is 86.4 Å². The van der Waals surface area contributed by atoms with E-state index >= 15 is 0 Å². The second-order valence-electron chi connectivity index (χ2n) is 4.75. The lowest BCUT2D eigenvalue weighted by Gasteiger charge is -2.30. The summed E-state index contributed by atoms with van der Waals surface area (Å²) in [7, 11) is 0. The van der Waals surface area contributed by atoms with Crippen LogP contribution in [0.25, 0.3) is 0 Å². The molecule has 0 saturated heterocycles. The average Bonchev–Trinajstić information content (AvgIpc) is 2.30. The van der Waals surface area contributed by atoms with Crippen molar-refractivity contribution in [2.45, 2.75) is 64.0 Å². The maximum absolute atomic E-state index is 11.5. The van der Waals surface area contributed by atoms with E-state index in [-0.39, 0.29) is 11.4 Å². The van der Waals surface area contributed by atoms with Gasteiger partial charge in [-0.05, 0) is 26.7 Å². The van der Waals surface area contributed by atoms with Crippen LogP contribution in [0.15, 0.2) is 0 Å². The molecule has 0 bridgehead atoms. The molecular weight excluding hydrogens is 176 g/mol. The Kier molecular flexibility index (Phi) is 3.93. The van der Waals surface area contributed by atoms with Gasteiger partial charge in [-0.3, -0.25) is 4.79 Å². The number of carbonyl (C=O) groups is 1. The normalized spacial score (nSPS) is 23.6. The molecule has 0 unspecified atom stereocenters. The zero-order chi connectivity index (χ0) is 10.6. The van der Waals surface area contributed by atoms with Crippen LogP contribution < -0.4 is 11.1 Å². The van der Waals surface area contributed by atoms with Crippen molar-refractivity contribution in [3.05, 3.63) is 0 Å². The van der Waals surface area contributed by atoms with E-state index in [9.17, 15) is 4.79 Å². The Hall–Kier alpha value is -0.570. The molecule has 1 atom stereocenters. The molecule has 1 rings (SSSR count). The minimum Gasteiger partial charge on any atom is -0.350 e. The van der Waals surface area contributed by atoms with Crippen molar-refractivity contribution < 1.29 is 4.79 Å². The summed E-state index contributed by atoms with van der Waals surface area (Å²) >= 11 is 0. The third-order valence-electron chi connectivity index (χ3n) is 3.05. The van der Waals surface area contributed by atoms with E-state index in [1.165, 1.54) is 25.7 Å². The summed E-state index contributed by atoms with van der Waals surface area (Å²) < 4.78 is 0. The second kappa shape index (κ2) is 4.78. The second-order valence-corrected chi connectivity index (χ2v) is 4.75. The van der Waals surface area contributed by atoms with Gasteiger partial charge < -0.3 is 11.1 Å². The number of amides is 1. The predicted molar refractivity (Wildman–Crippen MR) is 57.9 cm³/mol. The third kappa shape index (κ3) is 3.29. The highest BCUT2D eigenvalue weighted by Crippen LogP contribution is 2.26. The Balaban J connectivity index is 2.50. The van der Waals surface area contributed by atoms with Crippen LogP contribution in [-0.2, 0) is 4.79 Å². The van der Waals surface area contributed by atoms with Gasteiger partial charge in [-0.25, -0.2) is 0 Å². The Morgan fingerprint density at radius 1 is 1.29 bits per heavy atom. The van der Waals surface area contributed by atoms with Crippen molar-refractivity contribution in [1.29, 1.82) is 0 Å². The summed E-state index contributed by atoms with van der Waals surface area (Å²) in [5.41, 5.74) is 5.53. The monoisotopic (exact) mass is 198 g/mol. The van der Waals surface area contributed by atoms with Gasteiger partial charge in [-0.1, -0.05) is 25.7 Å². The van der Waals surface area contributed by atoms with Gasteiger partial charge in [0.15, 0.2) is 0 Å². The van der Waals surface area contributed by atoms with Gasteiger partial charge in [0.1, 0.15) is 0 Å². The topological polar surface area (TPSA) is 55.1 Å². The number of nitrogens with one attached hydrogen (secondary N) is 1. The summed E-state index contributed by atoms with van der Waals surface area (Å²) in [6, 6.07) is -0.393. The molecule has 0 aliphatic heterocycles. The number of carbonyl (C=O) groups excluding carboxylic acids is 1. The lowest BCUT2D eigenvalue weighted by Crippen LogP contribution is -2.50. The fourth-order valence-corrected chi connectivity index (χ4v) is 2.05. The van der Waals surface area contributed by atoms with Gasteiger partial charge in [-0.15, -0.1) is 0 Å². The van der Waals surface area contributed by atoms with Crippen LogP contribution in [0.1, 0.15) is 52.4 Å². The third-order valence-corrected chi connectivity index (χ3v) is 3.05. The first kappa shape index (κ1) is 11.5. The smallest absolute Gasteiger partial charge is 0.237 e. The molecule has 0 aromatic heterocycles. The summed E-state index contributed by atoms with van der Waals surface area (Å²) in [6.45, 7) is 3.87. The minimum absolute atomic E-state index is 0.0127. The molecule has 3 nitrogen and oxygen atoms in total. The number of hydrogen-bond acceptors (Lipinski definition) is 2. The average molecular weight is 198 g/mol. The highest BCUT2D eigenvalue weighted by molar-refractivity contribution is 5.81. The van der Waals surface area contributed by atoms with Crippen LogP contribution in [0.3, 0.4) is 0 Å². The van der Waals surface area contributed by atoms with Gasteiger partial charge in [0.2, 0.25) is 5.91 Å². The van der Waals surface area contributed by atoms with Gasteiger partial charge >= 0.3 is 0 Å². The van der Waals surface area contributed by atoms with Gasteiger partial charge in [0.25, 0.3) is 0 Å². The molecule has 1 aliphatic carbocycles. The van der Waals surface area contributed by atoms with E-state index < -0.39 is 6.04 Å². The van der Waals surface area contributed by atoms with Crippen molar-refractivity contribution in [3.8, 4) is 0 Å². The van der Waals surface area contributed by atoms with Crippen molar-refractivity contribution in [3.63, 3.8) is 0 Å². The number of hydrogen-bond donors (Lipinski definition) is 2. The molecule has 14 heavy (non-hydrogen) atoms. The molecule has 1 amide bonds. The fourth-order valence-electron chi connectivity index (χ4n) is 2.05. The maximum Gasteiger partial charge on any atom is 0.237 e. The first-order valence-electron chi connectivity index (χ1n) is 5.61. The molecule has 1 fully saturated rings. The molecule has 82 valence electrons. The highest BCUT2D eigenvalue weighted by atomic mass is 16.2. The first-order chi connectivity index (χ1) is 6.53. The first-order valence-corrected chi connectivity index (χ1v) is 5.61. The van der Waals surface area contributed by atoms with Crippen molar-refractivity contribution >= 4 is 5.91 Å². The SMILES string of the molecule is C[C@H](N)C(=O)NC1(C)CCCCCC1. The van der Waals surface area contributed by atoms with Crippen LogP contribution in [0, 0.1) is 0 Å². The largest absolute Gasteiger partial charge is 0.350 e. The van der Waals surface area contributed by atoms with Gasteiger partial charge in [0.05, 0.1) is 6.04 Å². The standard InChI is InChI=1S/C11H22N2O/c1-9(12)10(14)13-11(2)7-5-3-4-6-8-11/h9H,3-8,12H2,1-2H3,(H,13,14)/t9-/m0/s1. The fraction of sp³-hybridized carbons (Fsp3) is 0.909. The van der Waals surface area contributed by atoms with E-state index in [1.54, 1.807) is 6.92 Å². The summed E-state index contributed by atoms with van der Waals surface area (Å²) in [5.74, 6) is -0.0191. The highest BCUT2D eigenvalue weighted by Gasteiger charge is 2.27. The molecule has 1 saturated carbocycles. The lowest BCUT2D eigenvalue weighted by molar-refractivity contribution is -0.123. The molecule has 0 heterocycles. The summed E-state index contributed by atoms with van der Waals surface area (Å²) in [5, 5.41) is 3.07. The molecule has 0 spiro atoms. The van der Waals surface area contributed by atoms with Crippen LogP contribution in [-0.4, -0.2) is 17.5 Å². The Bertz CT molecular complexity index is 193. The van der Waals surface area contributed by atoms with Crippen LogP contribution in [0.2, 0.25) is 0 Å². The van der Waals surface area contributed by atoms with Crippen LogP contribution in [0.4, 0.5) is 0 Å². The van der Waals surface area contributed by atoms with Crippen LogP contribution >= 0.6 is 0 Å². The molecule has 0 aromatic rings. The lowest BCUT2D eigenvalue weighted by atomic mass is 9.92. The number of rotatable bonds is 2. The van der Waals surface area contributed by atoms with Crippen molar-refractivity contribution in [1.82, 2.24) is 5.32 Å². The predicted octanol–water partition coefficient (Wildman–Crippen LogP) is 1.56. The van der Waals surface area contributed by atoms with E-state index in [0.29, 0.717) is 0 Å². The minimum atomic E-state index is -0.393. The maximum atomic E-state index is 11.5. The molecule has 0 aromatic carbocycles. The molecule has 3 N–H and O–H groups in total. The zero-order valence-corrected chi connectivity index (χ0v) is 9.31. The summed E-state index contributed by atoms with van der Waals surface area (Å²) in [6.07, 6.45) is 7.20. The zero-order valence-electron chi connectivity index (χ0n) is 9.31. The molecule has 0 radical (unpaired) electrons. The molecule has 3 heteroatoms. The van der Waals surface area contributed by atoms with E-state index in [2.05, 4.69) is 12.2 Å². The molecule has 1 aliphatic rings. The van der Waals surface area contributed by atoms with Crippen molar-refractivity contribution in [2.24, 2.45) is 5.73 Å². The number of nitrogens with two attached hydrogens (primary N) is 1. The van der Waals surface area contributed by atoms with E-state index in [4.69, 9.17) is 5.73 Å². The summed E-state index contributed by atoms with van der Waals surface area (Å²) in [4.78, 5) is 11.5. The quantitative estimate of drug-likeness (QED) is 0.662. The Morgan fingerprint density at radius 3 is 2.21 bits per heavy atom.